The molecule has 0 radical (unpaired) electrons. The average molecular weight is 437 g/mol. The number of hydrogen-bond acceptors (Lipinski definition) is 6. The van der Waals surface area contributed by atoms with Crippen LogP contribution in [-0.4, -0.2) is 46.0 Å². The normalized spacial score (nSPS) is 15.7. The van der Waals surface area contributed by atoms with Crippen LogP contribution in [0, 0.1) is 12.8 Å². The highest BCUT2D eigenvalue weighted by Crippen LogP contribution is 2.29. The molecular formula is C24H28N4O4. The van der Waals surface area contributed by atoms with Crippen LogP contribution in [-0.2, 0) is 4.79 Å². The van der Waals surface area contributed by atoms with Crippen LogP contribution in [0.3, 0.4) is 0 Å². The number of carbonyl (C=O) groups is 2. The second kappa shape index (κ2) is 9.38. The predicted octanol–water partition coefficient (Wildman–Crippen LogP) is 3.80. The number of aromatic nitrogens is 2. The predicted molar refractivity (Wildman–Crippen MR) is 118 cm³/mol. The monoisotopic (exact) mass is 436 g/mol. The van der Waals surface area contributed by atoms with E-state index in [-0.39, 0.29) is 29.4 Å². The number of likely N-dealkylation sites (tertiary alicyclic amines) is 1. The topological polar surface area (TPSA) is 101 Å². The van der Waals surface area contributed by atoms with E-state index in [9.17, 15) is 9.59 Å². The molecule has 1 aromatic carbocycles. The van der Waals surface area contributed by atoms with Gasteiger partial charge in [0.2, 0.25) is 5.91 Å². The van der Waals surface area contributed by atoms with Gasteiger partial charge in [-0.2, -0.15) is 4.98 Å². The second-order valence-corrected chi connectivity index (χ2v) is 8.60. The molecule has 32 heavy (non-hydrogen) atoms. The lowest BCUT2D eigenvalue weighted by atomic mass is 9.94. The molecule has 3 heterocycles. The Morgan fingerprint density at radius 3 is 2.59 bits per heavy atom. The van der Waals surface area contributed by atoms with E-state index in [2.05, 4.69) is 15.5 Å². The molecular weight excluding hydrogens is 408 g/mol. The zero-order chi connectivity index (χ0) is 22.7. The Morgan fingerprint density at radius 1 is 1.16 bits per heavy atom. The van der Waals surface area contributed by atoms with E-state index in [1.54, 1.807) is 12.1 Å². The summed E-state index contributed by atoms with van der Waals surface area (Å²) in [5, 5.41) is 7.01. The van der Waals surface area contributed by atoms with Crippen LogP contribution in [0.15, 0.2) is 51.6 Å². The molecule has 1 fully saturated rings. The van der Waals surface area contributed by atoms with Crippen molar-refractivity contribution in [3.05, 3.63) is 59.8 Å². The van der Waals surface area contributed by atoms with Crippen LogP contribution in [0.2, 0.25) is 0 Å². The lowest BCUT2D eigenvalue weighted by Gasteiger charge is -2.34. The molecule has 1 aliphatic heterocycles. The zero-order valence-corrected chi connectivity index (χ0v) is 18.6. The van der Waals surface area contributed by atoms with E-state index in [0.717, 1.165) is 24.0 Å². The molecule has 2 amide bonds. The summed E-state index contributed by atoms with van der Waals surface area (Å²) in [6.45, 7) is 7.03. The lowest BCUT2D eigenvalue weighted by molar-refractivity contribution is -0.135. The molecule has 4 rings (SSSR count). The Morgan fingerprint density at radius 2 is 1.94 bits per heavy atom. The summed E-state index contributed by atoms with van der Waals surface area (Å²) in [6, 6.07) is 10.6. The van der Waals surface area contributed by atoms with Gasteiger partial charge in [-0.25, -0.2) is 0 Å². The molecule has 0 bridgehead atoms. The molecule has 3 aromatic rings. The molecule has 1 N–H and O–H groups in total. The number of benzene rings is 1. The van der Waals surface area contributed by atoms with Crippen LogP contribution in [0.1, 0.15) is 54.5 Å². The van der Waals surface area contributed by atoms with Gasteiger partial charge in [0.15, 0.2) is 11.6 Å². The Bertz CT molecular complexity index is 1070. The fourth-order valence-corrected chi connectivity index (χ4v) is 3.98. The number of rotatable bonds is 6. The van der Waals surface area contributed by atoms with Gasteiger partial charge in [-0.15, -0.1) is 0 Å². The Balaban J connectivity index is 1.37. The molecule has 0 unspecified atom stereocenters. The molecule has 0 aliphatic carbocycles. The van der Waals surface area contributed by atoms with Crippen LogP contribution >= 0.6 is 0 Å². The number of hydrogen-bond donors (Lipinski definition) is 1. The van der Waals surface area contributed by atoms with E-state index in [1.807, 2.05) is 49.9 Å². The van der Waals surface area contributed by atoms with Crippen molar-refractivity contribution < 1.29 is 18.5 Å². The molecule has 0 spiro atoms. The standard InChI is InChI=1S/C24H28N4O4/c1-15(2)20(25-22(29)19-8-5-13-31-19)24(30)28-11-9-17(10-12-28)21-26-23(32-27-21)18-7-4-6-16(3)14-18/h4-8,13-15,17,20H,9-12H2,1-3H3,(H,25,29)/t20-/m1/s1. The summed E-state index contributed by atoms with van der Waals surface area (Å²) in [5.41, 5.74) is 2.04. The van der Waals surface area contributed by atoms with Gasteiger partial charge in [-0.1, -0.05) is 36.7 Å². The molecule has 1 saturated heterocycles. The van der Waals surface area contributed by atoms with E-state index in [4.69, 9.17) is 8.94 Å². The van der Waals surface area contributed by atoms with Crippen molar-refractivity contribution in [1.29, 1.82) is 0 Å². The van der Waals surface area contributed by atoms with Gasteiger partial charge in [-0.3, -0.25) is 9.59 Å². The minimum Gasteiger partial charge on any atom is -0.459 e. The summed E-state index contributed by atoms with van der Waals surface area (Å²) in [6.07, 6.45) is 2.93. The van der Waals surface area contributed by atoms with Crippen molar-refractivity contribution in [2.24, 2.45) is 5.92 Å². The van der Waals surface area contributed by atoms with E-state index < -0.39 is 6.04 Å². The quantitative estimate of drug-likeness (QED) is 0.631. The maximum atomic E-state index is 13.1. The van der Waals surface area contributed by atoms with Crippen LogP contribution < -0.4 is 5.32 Å². The van der Waals surface area contributed by atoms with Crippen molar-refractivity contribution in [2.75, 3.05) is 13.1 Å². The third kappa shape index (κ3) is 4.74. The fourth-order valence-electron chi connectivity index (χ4n) is 3.98. The zero-order valence-electron chi connectivity index (χ0n) is 18.6. The van der Waals surface area contributed by atoms with Crippen molar-refractivity contribution in [3.63, 3.8) is 0 Å². The highest BCUT2D eigenvalue weighted by Gasteiger charge is 2.33. The third-order valence-corrected chi connectivity index (χ3v) is 5.84. The molecule has 1 atom stereocenters. The molecule has 8 heteroatoms. The summed E-state index contributed by atoms with van der Waals surface area (Å²) in [7, 11) is 0. The Kier molecular flexibility index (Phi) is 6.39. The Labute approximate surface area is 187 Å². The Hall–Kier alpha value is -3.42. The second-order valence-electron chi connectivity index (χ2n) is 8.60. The maximum Gasteiger partial charge on any atom is 0.287 e. The molecule has 8 nitrogen and oxygen atoms in total. The summed E-state index contributed by atoms with van der Waals surface area (Å²) < 4.78 is 10.6. The minimum atomic E-state index is -0.609. The number of nitrogens with one attached hydrogen (secondary N) is 1. The van der Waals surface area contributed by atoms with Gasteiger partial charge in [0.1, 0.15) is 6.04 Å². The number of carbonyl (C=O) groups excluding carboxylic acids is 2. The van der Waals surface area contributed by atoms with Crippen molar-refractivity contribution in [1.82, 2.24) is 20.4 Å². The lowest BCUT2D eigenvalue weighted by Crippen LogP contribution is -2.52. The number of furan rings is 1. The van der Waals surface area contributed by atoms with Gasteiger partial charge in [0, 0.05) is 24.6 Å². The van der Waals surface area contributed by atoms with Gasteiger partial charge >= 0.3 is 0 Å². The van der Waals surface area contributed by atoms with Crippen molar-refractivity contribution >= 4 is 11.8 Å². The van der Waals surface area contributed by atoms with E-state index >= 15 is 0 Å². The third-order valence-electron chi connectivity index (χ3n) is 5.84. The van der Waals surface area contributed by atoms with E-state index in [0.29, 0.717) is 24.8 Å². The first-order valence-electron chi connectivity index (χ1n) is 11.0. The highest BCUT2D eigenvalue weighted by atomic mass is 16.5. The van der Waals surface area contributed by atoms with Crippen molar-refractivity contribution in [2.45, 2.75) is 45.6 Å². The SMILES string of the molecule is Cc1cccc(-c2nc(C3CCN(C(=O)[C@H](NC(=O)c4ccco4)C(C)C)CC3)no2)c1. The van der Waals surface area contributed by atoms with Gasteiger partial charge in [0.05, 0.1) is 6.26 Å². The van der Waals surface area contributed by atoms with Gasteiger partial charge in [-0.05, 0) is 49.9 Å². The van der Waals surface area contributed by atoms with Gasteiger partial charge < -0.3 is 19.2 Å². The summed E-state index contributed by atoms with van der Waals surface area (Å²) in [4.78, 5) is 31.9. The van der Waals surface area contributed by atoms with E-state index in [1.165, 1.54) is 6.26 Å². The molecule has 2 aromatic heterocycles. The molecule has 0 saturated carbocycles. The summed E-state index contributed by atoms with van der Waals surface area (Å²) >= 11 is 0. The minimum absolute atomic E-state index is 0.0479. The maximum absolute atomic E-state index is 13.1. The highest BCUT2D eigenvalue weighted by molar-refractivity contribution is 5.95. The number of amides is 2. The summed E-state index contributed by atoms with van der Waals surface area (Å²) in [5.74, 6) is 1.02. The molecule has 1 aliphatic rings. The van der Waals surface area contributed by atoms with Crippen LogP contribution in [0.25, 0.3) is 11.5 Å². The fraction of sp³-hybridized carbons (Fsp3) is 0.417. The average Bonchev–Trinajstić information content (AvgIpc) is 3.49. The number of aryl methyl sites for hydroxylation is 1. The van der Waals surface area contributed by atoms with Crippen molar-refractivity contribution in [3.8, 4) is 11.5 Å². The van der Waals surface area contributed by atoms with Crippen LogP contribution in [0.5, 0.6) is 0 Å². The first-order valence-corrected chi connectivity index (χ1v) is 11.0. The smallest absolute Gasteiger partial charge is 0.287 e. The van der Waals surface area contributed by atoms with Gasteiger partial charge in [0.25, 0.3) is 11.8 Å². The number of nitrogens with zero attached hydrogens (tertiary/aromatic N) is 3. The van der Waals surface area contributed by atoms with Crippen LogP contribution in [0.4, 0.5) is 0 Å². The molecule has 168 valence electrons. The first-order chi connectivity index (χ1) is 15.4. The largest absolute Gasteiger partial charge is 0.459 e. The number of piperidine rings is 1. The first kappa shape index (κ1) is 21.8.